The first kappa shape index (κ1) is 24.8. The van der Waals surface area contributed by atoms with E-state index in [9.17, 15) is 23.9 Å². The molecule has 9 nitrogen and oxygen atoms in total. The number of nitrogens with one attached hydrogen (secondary N) is 1. The first-order valence-electron chi connectivity index (χ1n) is 11.6. The molecule has 0 radical (unpaired) electrons. The molecule has 2 aliphatic rings. The predicted octanol–water partition coefficient (Wildman–Crippen LogP) is 1.59. The maximum atomic E-state index is 14.5. The fraction of sp³-hybridized carbons (Fsp3) is 0.400. The van der Waals surface area contributed by atoms with Gasteiger partial charge < -0.3 is 29.7 Å². The van der Waals surface area contributed by atoms with Crippen LogP contribution >= 0.6 is 0 Å². The summed E-state index contributed by atoms with van der Waals surface area (Å²) in [5.74, 6) is -2.62. The number of carbonyl (C=O) groups excluding carboxylic acids is 3. The lowest BCUT2D eigenvalue weighted by Crippen LogP contribution is -2.55. The van der Waals surface area contributed by atoms with Crippen LogP contribution in [0.5, 0.6) is 0 Å². The van der Waals surface area contributed by atoms with E-state index in [2.05, 4.69) is 5.32 Å². The SMILES string of the molecule is CCc1ccc(NC(=O)[C@H](O)[C@H]2OCCN(c3ccc(F)c(C(=O)N4CCOCC4)c3)C2=O)cc1. The van der Waals surface area contributed by atoms with Crippen molar-refractivity contribution in [2.75, 3.05) is 49.7 Å². The number of anilines is 2. The van der Waals surface area contributed by atoms with Crippen molar-refractivity contribution < 1.29 is 33.4 Å². The third-order valence-corrected chi connectivity index (χ3v) is 6.10. The molecule has 0 saturated carbocycles. The number of nitrogens with zero attached hydrogens (tertiary/aromatic N) is 2. The third kappa shape index (κ3) is 5.50. The summed E-state index contributed by atoms with van der Waals surface area (Å²) < 4.78 is 25.2. The van der Waals surface area contributed by atoms with Gasteiger partial charge in [-0.3, -0.25) is 14.4 Å². The molecule has 0 aromatic heterocycles. The second-order valence-electron chi connectivity index (χ2n) is 8.33. The average molecular weight is 486 g/mol. The molecule has 2 atom stereocenters. The van der Waals surface area contributed by atoms with Gasteiger partial charge in [-0.05, 0) is 42.3 Å². The summed E-state index contributed by atoms with van der Waals surface area (Å²) in [4.78, 5) is 41.3. The van der Waals surface area contributed by atoms with E-state index in [1.54, 1.807) is 12.1 Å². The number of carbonyl (C=O) groups is 3. The summed E-state index contributed by atoms with van der Waals surface area (Å²) in [6, 6.07) is 11.0. The molecular formula is C25H28FN3O6. The quantitative estimate of drug-likeness (QED) is 0.644. The lowest BCUT2D eigenvalue weighted by Gasteiger charge is -2.34. The van der Waals surface area contributed by atoms with Crippen LogP contribution < -0.4 is 10.2 Å². The van der Waals surface area contributed by atoms with Crippen LogP contribution in [0, 0.1) is 5.82 Å². The molecule has 0 bridgehead atoms. The first-order valence-corrected chi connectivity index (χ1v) is 11.6. The molecule has 4 rings (SSSR count). The Bertz CT molecular complexity index is 1090. The van der Waals surface area contributed by atoms with E-state index in [4.69, 9.17) is 9.47 Å². The van der Waals surface area contributed by atoms with Crippen molar-refractivity contribution in [3.05, 3.63) is 59.4 Å². The Balaban J connectivity index is 1.48. The van der Waals surface area contributed by atoms with Crippen molar-refractivity contribution >= 4 is 29.1 Å². The van der Waals surface area contributed by atoms with Gasteiger partial charge in [-0.15, -0.1) is 0 Å². The Morgan fingerprint density at radius 2 is 1.83 bits per heavy atom. The zero-order chi connectivity index (χ0) is 24.9. The molecule has 0 spiro atoms. The minimum absolute atomic E-state index is 0.0517. The summed E-state index contributed by atoms with van der Waals surface area (Å²) in [6.07, 6.45) is -2.35. The number of ether oxygens (including phenoxy) is 2. The Hall–Kier alpha value is -3.34. The molecular weight excluding hydrogens is 457 g/mol. The lowest BCUT2D eigenvalue weighted by atomic mass is 10.1. The van der Waals surface area contributed by atoms with E-state index in [0.29, 0.717) is 32.0 Å². The molecule has 2 aromatic rings. The lowest BCUT2D eigenvalue weighted by molar-refractivity contribution is -0.150. The Morgan fingerprint density at radius 1 is 1.11 bits per heavy atom. The summed E-state index contributed by atoms with van der Waals surface area (Å²) in [5, 5.41) is 13.2. The van der Waals surface area contributed by atoms with Crippen molar-refractivity contribution in [1.29, 1.82) is 0 Å². The van der Waals surface area contributed by atoms with Gasteiger partial charge in [0.2, 0.25) is 0 Å². The van der Waals surface area contributed by atoms with Gasteiger partial charge in [0.1, 0.15) is 5.82 Å². The van der Waals surface area contributed by atoms with Crippen LogP contribution in [0.3, 0.4) is 0 Å². The molecule has 2 N–H and O–H groups in total. The number of hydrogen-bond acceptors (Lipinski definition) is 6. The van der Waals surface area contributed by atoms with Gasteiger partial charge in [0.05, 0.1) is 25.4 Å². The van der Waals surface area contributed by atoms with E-state index in [0.717, 1.165) is 18.1 Å². The zero-order valence-corrected chi connectivity index (χ0v) is 19.4. The van der Waals surface area contributed by atoms with Gasteiger partial charge in [0.25, 0.3) is 17.7 Å². The highest BCUT2D eigenvalue weighted by atomic mass is 19.1. The molecule has 2 aromatic carbocycles. The first-order chi connectivity index (χ1) is 16.9. The summed E-state index contributed by atoms with van der Waals surface area (Å²) in [6.45, 7) is 3.64. The van der Waals surface area contributed by atoms with E-state index in [1.807, 2.05) is 19.1 Å². The fourth-order valence-corrected chi connectivity index (χ4v) is 4.05. The summed E-state index contributed by atoms with van der Waals surface area (Å²) in [5.41, 5.74) is 1.70. The number of hydrogen-bond donors (Lipinski definition) is 2. The third-order valence-electron chi connectivity index (χ3n) is 6.10. The summed E-state index contributed by atoms with van der Waals surface area (Å²) in [7, 11) is 0. The predicted molar refractivity (Wildman–Crippen MR) is 126 cm³/mol. The number of benzene rings is 2. The van der Waals surface area contributed by atoms with E-state index < -0.39 is 35.7 Å². The maximum Gasteiger partial charge on any atom is 0.259 e. The fourth-order valence-electron chi connectivity index (χ4n) is 4.05. The highest BCUT2D eigenvalue weighted by molar-refractivity contribution is 6.04. The monoisotopic (exact) mass is 485 g/mol. The Morgan fingerprint density at radius 3 is 2.51 bits per heavy atom. The minimum atomic E-state index is -1.76. The normalized spacial score (nSPS) is 19.4. The Labute approximate surface area is 202 Å². The molecule has 2 fully saturated rings. The standard InChI is InChI=1S/C25H28FN3O6/c1-2-16-3-5-17(6-4-16)27-23(31)21(30)22-25(33)29(11-14-35-22)18-7-8-20(26)19(15-18)24(32)28-9-12-34-13-10-28/h3-8,15,21-22,30H,2,9-14H2,1H3,(H,27,31)/t21-,22-/m1/s1. The number of halogens is 1. The van der Waals surface area contributed by atoms with Crippen LogP contribution in [0.4, 0.5) is 15.8 Å². The highest BCUT2D eigenvalue weighted by Crippen LogP contribution is 2.25. The molecule has 0 unspecified atom stereocenters. The van der Waals surface area contributed by atoms with Gasteiger partial charge in [-0.1, -0.05) is 19.1 Å². The van der Waals surface area contributed by atoms with Gasteiger partial charge in [0, 0.05) is 31.0 Å². The number of amides is 3. The van der Waals surface area contributed by atoms with Crippen LogP contribution in [0.25, 0.3) is 0 Å². The zero-order valence-electron chi connectivity index (χ0n) is 19.4. The largest absolute Gasteiger partial charge is 0.380 e. The van der Waals surface area contributed by atoms with Crippen molar-refractivity contribution in [2.24, 2.45) is 0 Å². The second kappa shape index (κ2) is 10.9. The molecule has 10 heteroatoms. The molecule has 2 saturated heterocycles. The van der Waals surface area contributed by atoms with Crippen molar-refractivity contribution in [3.63, 3.8) is 0 Å². The van der Waals surface area contributed by atoms with Crippen LogP contribution in [0.15, 0.2) is 42.5 Å². The van der Waals surface area contributed by atoms with E-state index >= 15 is 0 Å². The highest BCUT2D eigenvalue weighted by Gasteiger charge is 2.39. The van der Waals surface area contributed by atoms with E-state index in [-0.39, 0.29) is 24.4 Å². The van der Waals surface area contributed by atoms with Gasteiger partial charge in [0.15, 0.2) is 12.2 Å². The molecule has 2 aliphatic heterocycles. The number of aliphatic hydroxyl groups is 1. The Kier molecular flexibility index (Phi) is 7.74. The topological polar surface area (TPSA) is 108 Å². The molecule has 2 heterocycles. The van der Waals surface area contributed by atoms with Crippen molar-refractivity contribution in [1.82, 2.24) is 4.90 Å². The molecule has 0 aliphatic carbocycles. The number of aliphatic hydroxyl groups excluding tert-OH is 1. The number of aryl methyl sites for hydroxylation is 1. The van der Waals surface area contributed by atoms with Crippen molar-refractivity contribution in [2.45, 2.75) is 25.6 Å². The van der Waals surface area contributed by atoms with E-state index in [1.165, 1.54) is 21.9 Å². The van der Waals surface area contributed by atoms with Gasteiger partial charge >= 0.3 is 0 Å². The van der Waals surface area contributed by atoms with Gasteiger partial charge in [-0.25, -0.2) is 4.39 Å². The second-order valence-corrected chi connectivity index (χ2v) is 8.33. The number of rotatable bonds is 6. The van der Waals surface area contributed by atoms with Crippen LogP contribution in [0.1, 0.15) is 22.8 Å². The van der Waals surface area contributed by atoms with Crippen LogP contribution in [0.2, 0.25) is 0 Å². The smallest absolute Gasteiger partial charge is 0.259 e. The van der Waals surface area contributed by atoms with Crippen LogP contribution in [-0.4, -0.2) is 79.4 Å². The van der Waals surface area contributed by atoms with Gasteiger partial charge in [-0.2, -0.15) is 0 Å². The molecule has 3 amide bonds. The van der Waals surface area contributed by atoms with Crippen molar-refractivity contribution in [3.8, 4) is 0 Å². The molecule has 186 valence electrons. The van der Waals surface area contributed by atoms with Crippen LogP contribution in [-0.2, 0) is 25.5 Å². The number of morpholine rings is 2. The summed E-state index contributed by atoms with van der Waals surface area (Å²) >= 11 is 0. The minimum Gasteiger partial charge on any atom is -0.380 e. The maximum absolute atomic E-state index is 14.5. The molecule has 35 heavy (non-hydrogen) atoms. The average Bonchev–Trinajstić information content (AvgIpc) is 2.89.